The second-order valence-electron chi connectivity index (χ2n) is 4.93. The summed E-state index contributed by atoms with van der Waals surface area (Å²) in [6, 6.07) is 17.7. The van der Waals surface area contributed by atoms with E-state index in [2.05, 4.69) is 5.32 Å². The van der Waals surface area contributed by atoms with Crippen LogP contribution in [0.4, 0.5) is 0 Å². The number of methoxy groups -OCH3 is 1. The van der Waals surface area contributed by atoms with Crippen LogP contribution in [0.15, 0.2) is 54.6 Å². The van der Waals surface area contributed by atoms with Crippen LogP contribution >= 0.6 is 0 Å². The van der Waals surface area contributed by atoms with Gasteiger partial charge in [-0.1, -0.05) is 49.4 Å². The lowest BCUT2D eigenvalue weighted by atomic mass is 9.98. The normalized spacial score (nSPS) is 11.7. The molecule has 1 atom stereocenters. The Morgan fingerprint density at radius 3 is 2.24 bits per heavy atom. The zero-order valence-corrected chi connectivity index (χ0v) is 12.5. The minimum atomic E-state index is -0.129. The van der Waals surface area contributed by atoms with E-state index in [1.165, 1.54) is 0 Å². The smallest absolute Gasteiger partial charge is 0.220 e. The summed E-state index contributed by atoms with van der Waals surface area (Å²) in [5.41, 5.74) is 2.12. The average Bonchev–Trinajstić information content (AvgIpc) is 2.54. The third-order valence-corrected chi connectivity index (χ3v) is 3.36. The summed E-state index contributed by atoms with van der Waals surface area (Å²) in [5.74, 6) is 0.882. The number of benzene rings is 2. The molecular formula is C18H21NO2. The van der Waals surface area contributed by atoms with Gasteiger partial charge in [0.2, 0.25) is 5.91 Å². The van der Waals surface area contributed by atoms with Crippen LogP contribution in [-0.4, -0.2) is 13.0 Å². The van der Waals surface area contributed by atoms with Crippen LogP contribution in [0.1, 0.15) is 36.9 Å². The monoisotopic (exact) mass is 283 g/mol. The van der Waals surface area contributed by atoms with Gasteiger partial charge in [0.05, 0.1) is 13.2 Å². The molecule has 0 aromatic heterocycles. The van der Waals surface area contributed by atoms with Crippen LogP contribution in [0.2, 0.25) is 0 Å². The van der Waals surface area contributed by atoms with Crippen LogP contribution in [0.25, 0.3) is 0 Å². The molecule has 0 aliphatic carbocycles. The van der Waals surface area contributed by atoms with Crippen molar-refractivity contribution in [3.63, 3.8) is 0 Å². The van der Waals surface area contributed by atoms with Gasteiger partial charge in [-0.25, -0.2) is 0 Å². The van der Waals surface area contributed by atoms with Crippen LogP contribution in [0.3, 0.4) is 0 Å². The van der Waals surface area contributed by atoms with E-state index in [0.29, 0.717) is 6.42 Å². The van der Waals surface area contributed by atoms with Crippen molar-refractivity contribution < 1.29 is 9.53 Å². The van der Waals surface area contributed by atoms with E-state index in [1.54, 1.807) is 7.11 Å². The Kier molecular flexibility index (Phi) is 5.38. The Morgan fingerprint density at radius 1 is 1.05 bits per heavy atom. The molecule has 3 heteroatoms. The lowest BCUT2D eigenvalue weighted by molar-refractivity contribution is -0.121. The van der Waals surface area contributed by atoms with Gasteiger partial charge in [-0.15, -0.1) is 0 Å². The Labute approximate surface area is 126 Å². The molecule has 3 nitrogen and oxygen atoms in total. The molecule has 0 spiro atoms. The molecule has 0 fully saturated rings. The molecule has 110 valence electrons. The maximum atomic E-state index is 12.0. The van der Waals surface area contributed by atoms with Crippen LogP contribution in [0, 0.1) is 0 Å². The Bertz CT molecular complexity index is 564. The highest BCUT2D eigenvalue weighted by Crippen LogP contribution is 2.24. The number of rotatable bonds is 6. The van der Waals surface area contributed by atoms with Crippen LogP contribution < -0.4 is 10.1 Å². The summed E-state index contributed by atoms with van der Waals surface area (Å²) in [6.07, 6.45) is 1.38. The van der Waals surface area contributed by atoms with E-state index in [1.807, 2.05) is 61.5 Å². The van der Waals surface area contributed by atoms with Crippen molar-refractivity contribution in [2.45, 2.75) is 25.8 Å². The maximum absolute atomic E-state index is 12.0. The molecule has 1 amide bonds. The lowest BCUT2D eigenvalue weighted by Gasteiger charge is -2.20. The first-order valence-electron chi connectivity index (χ1n) is 7.23. The molecule has 2 aromatic rings. The second-order valence-corrected chi connectivity index (χ2v) is 4.93. The number of ether oxygens (including phenoxy) is 1. The Balaban J connectivity index is 2.28. The maximum Gasteiger partial charge on any atom is 0.220 e. The average molecular weight is 283 g/mol. The molecule has 0 bridgehead atoms. The van der Waals surface area contributed by atoms with Gasteiger partial charge in [0.25, 0.3) is 0 Å². The van der Waals surface area contributed by atoms with Crippen molar-refractivity contribution >= 4 is 5.91 Å². The molecule has 21 heavy (non-hydrogen) atoms. The Morgan fingerprint density at radius 2 is 1.67 bits per heavy atom. The molecule has 2 rings (SSSR count). The van der Waals surface area contributed by atoms with E-state index >= 15 is 0 Å². The van der Waals surface area contributed by atoms with Gasteiger partial charge in [0.1, 0.15) is 5.75 Å². The predicted molar refractivity (Wildman–Crippen MR) is 84.3 cm³/mol. The third kappa shape index (κ3) is 4.09. The number of carbonyl (C=O) groups is 1. The first kappa shape index (κ1) is 15.1. The topological polar surface area (TPSA) is 38.3 Å². The van der Waals surface area contributed by atoms with Crippen molar-refractivity contribution in [2.75, 3.05) is 7.11 Å². The highest BCUT2D eigenvalue weighted by molar-refractivity contribution is 5.76. The highest BCUT2D eigenvalue weighted by atomic mass is 16.5. The first-order valence-corrected chi connectivity index (χ1v) is 7.23. The fourth-order valence-corrected chi connectivity index (χ4v) is 2.26. The fourth-order valence-electron chi connectivity index (χ4n) is 2.26. The van der Waals surface area contributed by atoms with Gasteiger partial charge in [0, 0.05) is 6.42 Å². The van der Waals surface area contributed by atoms with E-state index < -0.39 is 0 Å². The molecule has 0 aliphatic rings. The number of amides is 1. The predicted octanol–water partition coefficient (Wildman–Crippen LogP) is 3.70. The largest absolute Gasteiger partial charge is 0.497 e. The number of hydrogen-bond acceptors (Lipinski definition) is 2. The van der Waals surface area contributed by atoms with Crippen molar-refractivity contribution in [1.29, 1.82) is 0 Å². The van der Waals surface area contributed by atoms with Crippen molar-refractivity contribution in [1.82, 2.24) is 5.32 Å². The summed E-state index contributed by atoms with van der Waals surface area (Å²) in [6.45, 7) is 2.00. The molecule has 1 N–H and O–H groups in total. The minimum absolute atomic E-state index is 0.0715. The van der Waals surface area contributed by atoms with Crippen molar-refractivity contribution in [3.05, 3.63) is 65.7 Å². The van der Waals surface area contributed by atoms with E-state index in [0.717, 1.165) is 23.3 Å². The minimum Gasteiger partial charge on any atom is -0.497 e. The zero-order chi connectivity index (χ0) is 15.1. The summed E-state index contributed by atoms with van der Waals surface area (Å²) in [4.78, 5) is 12.0. The fraction of sp³-hybridized carbons (Fsp3) is 0.278. The quantitative estimate of drug-likeness (QED) is 0.878. The van der Waals surface area contributed by atoms with E-state index in [-0.39, 0.29) is 11.9 Å². The molecule has 0 radical (unpaired) electrons. The highest BCUT2D eigenvalue weighted by Gasteiger charge is 2.16. The molecule has 0 saturated carbocycles. The van der Waals surface area contributed by atoms with E-state index in [4.69, 9.17) is 4.74 Å². The van der Waals surface area contributed by atoms with Gasteiger partial charge >= 0.3 is 0 Å². The van der Waals surface area contributed by atoms with Gasteiger partial charge in [-0.05, 0) is 29.7 Å². The zero-order valence-electron chi connectivity index (χ0n) is 12.5. The van der Waals surface area contributed by atoms with Crippen LogP contribution in [-0.2, 0) is 4.79 Å². The van der Waals surface area contributed by atoms with Gasteiger partial charge in [-0.2, -0.15) is 0 Å². The van der Waals surface area contributed by atoms with Crippen LogP contribution in [0.5, 0.6) is 5.75 Å². The molecular weight excluding hydrogens is 262 g/mol. The van der Waals surface area contributed by atoms with Crippen molar-refractivity contribution in [2.24, 2.45) is 0 Å². The summed E-state index contributed by atoms with van der Waals surface area (Å²) in [5, 5.41) is 3.11. The number of hydrogen-bond donors (Lipinski definition) is 1. The Hall–Kier alpha value is -2.29. The second kappa shape index (κ2) is 7.48. The standard InChI is InChI=1S/C18H21NO2/c1-3-7-17(20)19-18(14-8-5-4-6-9-14)15-10-12-16(21-2)13-11-15/h4-6,8-13,18H,3,7H2,1-2H3,(H,19,20). The summed E-state index contributed by atoms with van der Waals surface area (Å²) in [7, 11) is 1.65. The van der Waals surface area contributed by atoms with Gasteiger partial charge in [0.15, 0.2) is 0 Å². The van der Waals surface area contributed by atoms with Crippen molar-refractivity contribution in [3.8, 4) is 5.75 Å². The molecule has 0 aliphatic heterocycles. The van der Waals surface area contributed by atoms with Gasteiger partial charge in [-0.3, -0.25) is 4.79 Å². The molecule has 2 aromatic carbocycles. The molecule has 0 heterocycles. The first-order chi connectivity index (χ1) is 10.2. The number of carbonyl (C=O) groups excluding carboxylic acids is 1. The summed E-state index contributed by atoms with van der Waals surface area (Å²) >= 11 is 0. The molecule has 1 unspecified atom stereocenters. The SMILES string of the molecule is CCCC(=O)NC(c1ccccc1)c1ccc(OC)cc1. The third-order valence-electron chi connectivity index (χ3n) is 3.36. The summed E-state index contributed by atoms with van der Waals surface area (Å²) < 4.78 is 5.19. The van der Waals surface area contributed by atoms with E-state index in [9.17, 15) is 4.79 Å². The van der Waals surface area contributed by atoms with Gasteiger partial charge < -0.3 is 10.1 Å². The number of nitrogens with one attached hydrogen (secondary N) is 1. The molecule has 0 saturated heterocycles. The lowest BCUT2D eigenvalue weighted by Crippen LogP contribution is -2.28.